The third-order valence-corrected chi connectivity index (χ3v) is 3.75. The molecule has 5 heteroatoms. The minimum atomic E-state index is -0.0224. The molecule has 0 spiro atoms. The lowest BCUT2D eigenvalue weighted by Crippen LogP contribution is -2.36. The number of rotatable bonds is 6. The SMILES string of the molecule is Cc1cc(Br)ccc1NC(=O)CN(CCO)C1CC1. The summed E-state index contributed by atoms with van der Waals surface area (Å²) in [7, 11) is 0. The first-order chi connectivity index (χ1) is 9.10. The molecule has 4 nitrogen and oxygen atoms in total. The molecule has 1 aromatic rings. The van der Waals surface area contributed by atoms with Gasteiger partial charge in [0.25, 0.3) is 0 Å². The van der Waals surface area contributed by atoms with Crippen LogP contribution < -0.4 is 5.32 Å². The van der Waals surface area contributed by atoms with Gasteiger partial charge in [-0.2, -0.15) is 0 Å². The first-order valence-corrected chi connectivity index (χ1v) is 7.30. The molecule has 1 aliphatic carbocycles. The van der Waals surface area contributed by atoms with E-state index in [-0.39, 0.29) is 12.5 Å². The van der Waals surface area contributed by atoms with E-state index < -0.39 is 0 Å². The van der Waals surface area contributed by atoms with Crippen LogP contribution in [0.3, 0.4) is 0 Å². The van der Waals surface area contributed by atoms with Crippen molar-refractivity contribution in [2.24, 2.45) is 0 Å². The highest BCUT2D eigenvalue weighted by atomic mass is 79.9. The summed E-state index contributed by atoms with van der Waals surface area (Å²) in [5.41, 5.74) is 1.87. The second kappa shape index (κ2) is 6.50. The Balaban J connectivity index is 1.92. The van der Waals surface area contributed by atoms with Gasteiger partial charge in [-0.25, -0.2) is 0 Å². The first kappa shape index (κ1) is 14.5. The number of aryl methyl sites for hydroxylation is 1. The number of halogens is 1. The highest BCUT2D eigenvalue weighted by Crippen LogP contribution is 2.26. The van der Waals surface area contributed by atoms with E-state index in [4.69, 9.17) is 5.11 Å². The Labute approximate surface area is 121 Å². The van der Waals surface area contributed by atoms with E-state index >= 15 is 0 Å². The van der Waals surface area contributed by atoms with Crippen molar-refractivity contribution in [2.45, 2.75) is 25.8 Å². The Kier molecular flexibility index (Phi) is 4.96. The van der Waals surface area contributed by atoms with Gasteiger partial charge >= 0.3 is 0 Å². The summed E-state index contributed by atoms with van der Waals surface area (Å²) in [4.78, 5) is 14.1. The minimum Gasteiger partial charge on any atom is -0.395 e. The van der Waals surface area contributed by atoms with Crippen LogP contribution in [0.4, 0.5) is 5.69 Å². The summed E-state index contributed by atoms with van der Waals surface area (Å²) in [5, 5.41) is 11.9. The van der Waals surface area contributed by atoms with E-state index in [0.29, 0.717) is 19.1 Å². The maximum absolute atomic E-state index is 12.0. The molecule has 1 amide bonds. The van der Waals surface area contributed by atoms with Crippen LogP contribution in [0.1, 0.15) is 18.4 Å². The van der Waals surface area contributed by atoms with Crippen LogP contribution in [0.5, 0.6) is 0 Å². The lowest BCUT2D eigenvalue weighted by Gasteiger charge is -2.20. The van der Waals surface area contributed by atoms with Crippen LogP contribution in [-0.2, 0) is 4.79 Å². The fraction of sp³-hybridized carbons (Fsp3) is 0.500. The molecule has 0 saturated heterocycles. The highest BCUT2D eigenvalue weighted by molar-refractivity contribution is 9.10. The number of aliphatic hydroxyl groups is 1. The van der Waals surface area contributed by atoms with Gasteiger partial charge in [0.1, 0.15) is 0 Å². The van der Waals surface area contributed by atoms with Gasteiger partial charge < -0.3 is 10.4 Å². The van der Waals surface area contributed by atoms with Gasteiger partial charge in [0.2, 0.25) is 5.91 Å². The molecule has 0 unspecified atom stereocenters. The minimum absolute atomic E-state index is 0.0224. The summed E-state index contributed by atoms with van der Waals surface area (Å²) in [5.74, 6) is -0.0224. The van der Waals surface area contributed by atoms with E-state index in [1.165, 1.54) is 0 Å². The van der Waals surface area contributed by atoms with Gasteiger partial charge in [-0.05, 0) is 43.5 Å². The number of nitrogens with one attached hydrogen (secondary N) is 1. The molecular formula is C14H19BrN2O2. The fourth-order valence-electron chi connectivity index (χ4n) is 2.10. The van der Waals surface area contributed by atoms with Gasteiger partial charge in [0.15, 0.2) is 0 Å². The fourth-order valence-corrected chi connectivity index (χ4v) is 2.58. The summed E-state index contributed by atoms with van der Waals surface area (Å²) >= 11 is 3.40. The topological polar surface area (TPSA) is 52.6 Å². The average molecular weight is 327 g/mol. The molecule has 0 bridgehead atoms. The van der Waals surface area contributed by atoms with Crippen LogP contribution in [0, 0.1) is 6.92 Å². The summed E-state index contributed by atoms with van der Waals surface area (Å²) in [6.07, 6.45) is 2.26. The van der Waals surface area contributed by atoms with Crippen molar-refractivity contribution in [2.75, 3.05) is 25.0 Å². The van der Waals surface area contributed by atoms with E-state index in [1.807, 2.05) is 30.0 Å². The Bertz CT molecular complexity index is 461. The Morgan fingerprint density at radius 1 is 1.53 bits per heavy atom. The zero-order valence-electron chi connectivity index (χ0n) is 11.0. The number of hydrogen-bond donors (Lipinski definition) is 2. The average Bonchev–Trinajstić information content (AvgIpc) is 3.16. The normalized spacial score (nSPS) is 14.7. The summed E-state index contributed by atoms with van der Waals surface area (Å²) < 4.78 is 1.00. The van der Waals surface area contributed by atoms with Gasteiger partial charge in [-0.15, -0.1) is 0 Å². The zero-order chi connectivity index (χ0) is 13.8. The van der Waals surface area contributed by atoms with Crippen LogP contribution in [0.2, 0.25) is 0 Å². The molecule has 0 aliphatic heterocycles. The van der Waals surface area contributed by atoms with Crippen molar-refractivity contribution in [3.05, 3.63) is 28.2 Å². The van der Waals surface area contributed by atoms with Crippen LogP contribution in [0.15, 0.2) is 22.7 Å². The Hall–Kier alpha value is -0.910. The van der Waals surface area contributed by atoms with E-state index in [1.54, 1.807) is 0 Å². The van der Waals surface area contributed by atoms with Crippen molar-refractivity contribution >= 4 is 27.5 Å². The van der Waals surface area contributed by atoms with Gasteiger partial charge in [-0.3, -0.25) is 9.69 Å². The number of hydrogen-bond acceptors (Lipinski definition) is 3. The standard InChI is InChI=1S/C14H19BrN2O2/c1-10-8-11(15)2-5-13(10)16-14(19)9-17(6-7-18)12-3-4-12/h2,5,8,12,18H,3-4,6-7,9H2,1H3,(H,16,19). The quantitative estimate of drug-likeness (QED) is 0.842. The lowest BCUT2D eigenvalue weighted by molar-refractivity contribution is -0.117. The molecule has 0 atom stereocenters. The largest absolute Gasteiger partial charge is 0.395 e. The molecule has 1 saturated carbocycles. The smallest absolute Gasteiger partial charge is 0.238 e. The molecule has 1 fully saturated rings. The van der Waals surface area contributed by atoms with Crippen molar-refractivity contribution in [3.63, 3.8) is 0 Å². The predicted octanol–water partition coefficient (Wildman–Crippen LogP) is 2.15. The van der Waals surface area contributed by atoms with Crippen LogP contribution in [-0.4, -0.2) is 41.7 Å². The second-order valence-corrected chi connectivity index (χ2v) is 5.85. The van der Waals surface area contributed by atoms with Gasteiger partial charge in [-0.1, -0.05) is 15.9 Å². The Morgan fingerprint density at radius 3 is 2.84 bits per heavy atom. The van der Waals surface area contributed by atoms with Crippen molar-refractivity contribution in [1.29, 1.82) is 0 Å². The summed E-state index contributed by atoms with van der Waals surface area (Å²) in [6.45, 7) is 2.98. The maximum Gasteiger partial charge on any atom is 0.238 e. The first-order valence-electron chi connectivity index (χ1n) is 6.51. The molecule has 1 aliphatic rings. The van der Waals surface area contributed by atoms with E-state index in [9.17, 15) is 4.79 Å². The molecule has 1 aromatic carbocycles. The molecule has 2 N–H and O–H groups in total. The summed E-state index contributed by atoms with van der Waals surface area (Å²) in [6, 6.07) is 6.26. The maximum atomic E-state index is 12.0. The molecule has 19 heavy (non-hydrogen) atoms. The van der Waals surface area contributed by atoms with Gasteiger partial charge in [0.05, 0.1) is 13.2 Å². The molecule has 0 radical (unpaired) electrons. The van der Waals surface area contributed by atoms with Crippen molar-refractivity contribution in [1.82, 2.24) is 4.90 Å². The highest BCUT2D eigenvalue weighted by Gasteiger charge is 2.29. The Morgan fingerprint density at radius 2 is 2.26 bits per heavy atom. The van der Waals surface area contributed by atoms with E-state index in [2.05, 4.69) is 21.2 Å². The number of amides is 1. The third kappa shape index (κ3) is 4.30. The number of carbonyl (C=O) groups is 1. The van der Waals surface area contributed by atoms with Gasteiger partial charge in [0, 0.05) is 22.7 Å². The lowest BCUT2D eigenvalue weighted by atomic mass is 10.2. The van der Waals surface area contributed by atoms with E-state index in [0.717, 1.165) is 28.6 Å². The molecular weight excluding hydrogens is 308 g/mol. The van der Waals surface area contributed by atoms with Crippen LogP contribution in [0.25, 0.3) is 0 Å². The zero-order valence-corrected chi connectivity index (χ0v) is 12.6. The van der Waals surface area contributed by atoms with Crippen LogP contribution >= 0.6 is 15.9 Å². The molecule has 104 valence electrons. The monoisotopic (exact) mass is 326 g/mol. The number of aliphatic hydroxyl groups excluding tert-OH is 1. The molecule has 0 aromatic heterocycles. The second-order valence-electron chi connectivity index (χ2n) is 4.93. The molecule has 2 rings (SSSR count). The number of anilines is 1. The number of nitrogens with zero attached hydrogens (tertiary/aromatic N) is 1. The number of carbonyl (C=O) groups excluding carboxylic acids is 1. The third-order valence-electron chi connectivity index (χ3n) is 3.26. The van der Waals surface area contributed by atoms with Crippen molar-refractivity contribution < 1.29 is 9.90 Å². The molecule has 0 heterocycles. The van der Waals surface area contributed by atoms with Crippen molar-refractivity contribution in [3.8, 4) is 0 Å². The predicted molar refractivity (Wildman–Crippen MR) is 79.2 cm³/mol. The number of benzene rings is 1.